The maximum Gasteiger partial charge on any atom is 0.258 e. The van der Waals surface area contributed by atoms with E-state index in [2.05, 4.69) is 5.32 Å². The molecular formula is C12H15F2NO2. The van der Waals surface area contributed by atoms with Gasteiger partial charge in [-0.1, -0.05) is 0 Å². The smallest absolute Gasteiger partial charge is 0.258 e. The van der Waals surface area contributed by atoms with Crippen molar-refractivity contribution >= 4 is 5.91 Å². The lowest BCUT2D eigenvalue weighted by Crippen LogP contribution is -2.43. The highest BCUT2D eigenvalue weighted by Crippen LogP contribution is 2.15. The van der Waals surface area contributed by atoms with Gasteiger partial charge in [-0.2, -0.15) is 0 Å². The average Bonchev–Trinajstić information content (AvgIpc) is 2.17. The molecule has 0 saturated heterocycles. The summed E-state index contributed by atoms with van der Waals surface area (Å²) < 4.78 is 30.5. The van der Waals surface area contributed by atoms with Gasteiger partial charge in [0.05, 0.1) is 0 Å². The van der Waals surface area contributed by atoms with Crippen LogP contribution in [0.4, 0.5) is 8.78 Å². The summed E-state index contributed by atoms with van der Waals surface area (Å²) in [5.74, 6) is -2.15. The second-order valence-electron chi connectivity index (χ2n) is 4.66. The van der Waals surface area contributed by atoms with E-state index in [-0.39, 0.29) is 23.8 Å². The van der Waals surface area contributed by atoms with Crippen molar-refractivity contribution in [3.63, 3.8) is 0 Å². The van der Waals surface area contributed by atoms with Gasteiger partial charge in [-0.3, -0.25) is 4.79 Å². The number of hydrogen-bond acceptors (Lipinski definition) is 2. The van der Waals surface area contributed by atoms with Crippen molar-refractivity contribution in [3.05, 3.63) is 29.8 Å². The van der Waals surface area contributed by atoms with Crippen LogP contribution in [0.25, 0.3) is 0 Å². The zero-order valence-electron chi connectivity index (χ0n) is 10.0. The highest BCUT2D eigenvalue weighted by atomic mass is 19.2. The van der Waals surface area contributed by atoms with Gasteiger partial charge in [0.25, 0.3) is 5.91 Å². The molecule has 94 valence electrons. The van der Waals surface area contributed by atoms with E-state index in [0.29, 0.717) is 0 Å². The molecule has 0 saturated carbocycles. The average molecular weight is 243 g/mol. The van der Waals surface area contributed by atoms with Gasteiger partial charge in [0, 0.05) is 11.6 Å². The fourth-order valence-electron chi connectivity index (χ4n) is 1.17. The number of halogens is 2. The third-order valence-corrected chi connectivity index (χ3v) is 1.78. The molecule has 1 aromatic rings. The molecule has 1 aromatic carbocycles. The number of hydrogen-bond donors (Lipinski definition) is 1. The Bertz CT molecular complexity index is 413. The van der Waals surface area contributed by atoms with Crippen molar-refractivity contribution in [2.24, 2.45) is 0 Å². The third-order valence-electron chi connectivity index (χ3n) is 1.78. The van der Waals surface area contributed by atoms with Crippen LogP contribution in [0.3, 0.4) is 0 Å². The quantitative estimate of drug-likeness (QED) is 0.884. The Morgan fingerprint density at radius 3 is 2.47 bits per heavy atom. The first-order valence-electron chi connectivity index (χ1n) is 5.17. The predicted molar refractivity (Wildman–Crippen MR) is 59.7 cm³/mol. The van der Waals surface area contributed by atoms with Crippen LogP contribution in [0, 0.1) is 11.6 Å². The minimum Gasteiger partial charge on any atom is -0.484 e. The van der Waals surface area contributed by atoms with Crippen molar-refractivity contribution in [3.8, 4) is 5.75 Å². The summed E-state index contributed by atoms with van der Waals surface area (Å²) >= 11 is 0. The molecule has 0 unspecified atom stereocenters. The summed E-state index contributed by atoms with van der Waals surface area (Å²) in [5, 5.41) is 2.68. The lowest BCUT2D eigenvalue weighted by atomic mass is 10.1. The van der Waals surface area contributed by atoms with Gasteiger partial charge in [0.1, 0.15) is 5.75 Å². The minimum absolute atomic E-state index is 0.118. The molecule has 0 fully saturated rings. The van der Waals surface area contributed by atoms with Crippen LogP contribution in [0.1, 0.15) is 20.8 Å². The number of carbonyl (C=O) groups excluding carboxylic acids is 1. The van der Waals surface area contributed by atoms with Gasteiger partial charge in [0.15, 0.2) is 18.2 Å². The molecule has 0 radical (unpaired) electrons. The Hall–Kier alpha value is -1.65. The van der Waals surface area contributed by atoms with Gasteiger partial charge in [-0.25, -0.2) is 8.78 Å². The molecule has 0 spiro atoms. The lowest BCUT2D eigenvalue weighted by molar-refractivity contribution is -0.124. The molecule has 0 aliphatic rings. The van der Waals surface area contributed by atoms with Crippen LogP contribution < -0.4 is 10.1 Å². The van der Waals surface area contributed by atoms with Gasteiger partial charge in [0.2, 0.25) is 0 Å². The summed E-state index contributed by atoms with van der Waals surface area (Å²) in [6.07, 6.45) is 0. The van der Waals surface area contributed by atoms with E-state index in [1.165, 1.54) is 6.07 Å². The highest BCUT2D eigenvalue weighted by Gasteiger charge is 2.14. The normalized spacial score (nSPS) is 11.1. The number of nitrogens with one attached hydrogen (secondary N) is 1. The summed E-state index contributed by atoms with van der Waals surface area (Å²) in [5.41, 5.74) is -0.353. The second-order valence-corrected chi connectivity index (χ2v) is 4.66. The number of carbonyl (C=O) groups is 1. The van der Waals surface area contributed by atoms with Gasteiger partial charge < -0.3 is 10.1 Å². The first-order chi connectivity index (χ1) is 7.78. The van der Waals surface area contributed by atoms with E-state index in [0.717, 1.165) is 12.1 Å². The fraction of sp³-hybridized carbons (Fsp3) is 0.417. The van der Waals surface area contributed by atoms with Gasteiger partial charge in [-0.05, 0) is 32.9 Å². The number of amides is 1. The number of ether oxygens (including phenoxy) is 1. The molecule has 1 rings (SSSR count). The molecule has 0 heterocycles. The van der Waals surface area contributed by atoms with Crippen molar-refractivity contribution in [2.45, 2.75) is 26.3 Å². The Morgan fingerprint density at radius 1 is 1.29 bits per heavy atom. The summed E-state index contributed by atoms with van der Waals surface area (Å²) in [6, 6.07) is 3.12. The number of rotatable bonds is 3. The Morgan fingerprint density at radius 2 is 1.94 bits per heavy atom. The maximum absolute atomic E-state index is 12.8. The van der Waals surface area contributed by atoms with Crippen LogP contribution >= 0.6 is 0 Å². The van der Waals surface area contributed by atoms with Crippen LogP contribution in [0.15, 0.2) is 18.2 Å². The topological polar surface area (TPSA) is 38.3 Å². The van der Waals surface area contributed by atoms with Crippen LogP contribution in [-0.2, 0) is 4.79 Å². The van der Waals surface area contributed by atoms with Crippen LogP contribution in [0.5, 0.6) is 5.75 Å². The lowest BCUT2D eigenvalue weighted by Gasteiger charge is -2.20. The summed E-state index contributed by atoms with van der Waals surface area (Å²) in [4.78, 5) is 11.4. The predicted octanol–water partition coefficient (Wildman–Crippen LogP) is 2.26. The second kappa shape index (κ2) is 5.12. The SMILES string of the molecule is CC(C)(C)NC(=O)COc1ccc(F)c(F)c1. The minimum atomic E-state index is -1.00. The molecule has 0 aliphatic heterocycles. The molecule has 3 nitrogen and oxygen atoms in total. The molecule has 0 bridgehead atoms. The molecule has 0 atom stereocenters. The zero-order chi connectivity index (χ0) is 13.1. The van der Waals surface area contributed by atoms with E-state index in [9.17, 15) is 13.6 Å². The largest absolute Gasteiger partial charge is 0.484 e. The first-order valence-corrected chi connectivity index (χ1v) is 5.17. The molecule has 0 aliphatic carbocycles. The molecule has 1 amide bonds. The fourth-order valence-corrected chi connectivity index (χ4v) is 1.17. The van der Waals surface area contributed by atoms with Crippen molar-refractivity contribution < 1.29 is 18.3 Å². The molecular weight excluding hydrogens is 228 g/mol. The van der Waals surface area contributed by atoms with Gasteiger partial charge in [-0.15, -0.1) is 0 Å². The Balaban J connectivity index is 2.50. The highest BCUT2D eigenvalue weighted by molar-refractivity contribution is 5.78. The Labute approximate surface area is 98.8 Å². The van der Waals surface area contributed by atoms with Crippen molar-refractivity contribution in [1.82, 2.24) is 5.32 Å². The molecule has 1 N–H and O–H groups in total. The first kappa shape index (κ1) is 13.4. The Kier molecular flexibility index (Phi) is 4.04. The maximum atomic E-state index is 12.8. The molecule has 5 heteroatoms. The molecule has 17 heavy (non-hydrogen) atoms. The third kappa shape index (κ3) is 4.80. The van der Waals surface area contributed by atoms with Crippen LogP contribution in [0.2, 0.25) is 0 Å². The monoisotopic (exact) mass is 243 g/mol. The van der Waals surface area contributed by atoms with Crippen LogP contribution in [-0.4, -0.2) is 18.1 Å². The van der Waals surface area contributed by atoms with E-state index in [1.54, 1.807) is 0 Å². The van der Waals surface area contributed by atoms with Crippen molar-refractivity contribution in [2.75, 3.05) is 6.61 Å². The standard InChI is InChI=1S/C12H15F2NO2/c1-12(2,3)15-11(16)7-17-8-4-5-9(13)10(14)6-8/h4-6H,7H2,1-3H3,(H,15,16). The number of benzene rings is 1. The molecule has 0 aromatic heterocycles. The van der Waals surface area contributed by atoms with E-state index in [1.807, 2.05) is 20.8 Å². The van der Waals surface area contributed by atoms with E-state index in [4.69, 9.17) is 4.74 Å². The summed E-state index contributed by atoms with van der Waals surface area (Å²) in [7, 11) is 0. The van der Waals surface area contributed by atoms with E-state index < -0.39 is 11.6 Å². The van der Waals surface area contributed by atoms with Crippen molar-refractivity contribution in [1.29, 1.82) is 0 Å². The van der Waals surface area contributed by atoms with Gasteiger partial charge >= 0.3 is 0 Å². The zero-order valence-corrected chi connectivity index (χ0v) is 10.0. The van der Waals surface area contributed by atoms with E-state index >= 15 is 0 Å². The summed E-state index contributed by atoms with van der Waals surface area (Å²) in [6.45, 7) is 5.27.